The molecule has 1 saturated carbocycles. The average molecular weight is 366 g/mol. The summed E-state index contributed by atoms with van der Waals surface area (Å²) in [7, 11) is 0. The van der Waals surface area contributed by atoms with E-state index in [1.165, 1.54) is 38.5 Å². The number of amides is 1. The Morgan fingerprint density at radius 3 is 2.54 bits per heavy atom. The van der Waals surface area contributed by atoms with Crippen LogP contribution in [-0.4, -0.2) is 36.0 Å². The lowest BCUT2D eigenvalue weighted by Crippen LogP contribution is -2.34. The number of allylic oxidation sites excluding steroid dienone is 2. The Labute approximate surface area is 157 Å². The molecule has 0 aromatic carbocycles. The van der Waals surface area contributed by atoms with Crippen LogP contribution in [0.2, 0.25) is 0 Å². The monoisotopic (exact) mass is 365 g/mol. The summed E-state index contributed by atoms with van der Waals surface area (Å²) >= 11 is 0. The number of hydrogen-bond acceptors (Lipinski definition) is 4. The molecule has 2 N–H and O–H groups in total. The summed E-state index contributed by atoms with van der Waals surface area (Å²) in [5, 5.41) is 8.79. The standard InChI is InChI=1S/C21H35NO4/c1-21(2,20(23)22-24)13-7-3-4-10-16-17(19-12-11-18(16)26-19)14-25-15-8-5-6-9-15/h3-4,15-19,24H,5-14H2,1-2H3,(H,22,23)/b4-3-/t16-,17+,18-,19+/m1/s1. The van der Waals surface area contributed by atoms with Gasteiger partial charge in [0.1, 0.15) is 0 Å². The van der Waals surface area contributed by atoms with E-state index in [9.17, 15) is 4.79 Å². The molecule has 148 valence electrons. The second kappa shape index (κ2) is 8.85. The number of ether oxygens (including phenoxy) is 2. The Hall–Kier alpha value is -0.910. The van der Waals surface area contributed by atoms with Gasteiger partial charge in [-0.05, 0) is 50.9 Å². The van der Waals surface area contributed by atoms with Crippen molar-refractivity contribution in [2.24, 2.45) is 17.3 Å². The van der Waals surface area contributed by atoms with Gasteiger partial charge in [0.25, 0.3) is 0 Å². The topological polar surface area (TPSA) is 67.8 Å². The molecule has 5 nitrogen and oxygen atoms in total. The summed E-state index contributed by atoms with van der Waals surface area (Å²) in [6.45, 7) is 4.56. The predicted molar refractivity (Wildman–Crippen MR) is 99.8 cm³/mol. The number of fused-ring (bicyclic) bond motifs is 2. The highest BCUT2D eigenvalue weighted by Crippen LogP contribution is 2.45. The maximum absolute atomic E-state index is 11.6. The van der Waals surface area contributed by atoms with Crippen molar-refractivity contribution in [2.75, 3.05) is 6.61 Å². The number of carbonyl (C=O) groups is 1. The van der Waals surface area contributed by atoms with Gasteiger partial charge in [-0.2, -0.15) is 0 Å². The fourth-order valence-electron chi connectivity index (χ4n) is 4.81. The van der Waals surface area contributed by atoms with Crippen LogP contribution in [0.5, 0.6) is 0 Å². The quantitative estimate of drug-likeness (QED) is 0.368. The molecular weight excluding hydrogens is 330 g/mol. The van der Waals surface area contributed by atoms with Crippen LogP contribution in [0.15, 0.2) is 12.2 Å². The molecule has 2 heterocycles. The summed E-state index contributed by atoms with van der Waals surface area (Å²) in [6, 6.07) is 0. The first-order valence-corrected chi connectivity index (χ1v) is 10.4. The molecule has 0 unspecified atom stereocenters. The molecule has 0 radical (unpaired) electrons. The summed E-state index contributed by atoms with van der Waals surface area (Å²) in [4.78, 5) is 11.6. The fourth-order valence-corrected chi connectivity index (χ4v) is 4.81. The van der Waals surface area contributed by atoms with E-state index in [0.717, 1.165) is 25.9 Å². The van der Waals surface area contributed by atoms with E-state index in [-0.39, 0.29) is 5.91 Å². The molecule has 4 atom stereocenters. The van der Waals surface area contributed by atoms with Crippen molar-refractivity contribution >= 4 is 5.91 Å². The second-order valence-electron chi connectivity index (χ2n) is 8.93. The summed E-state index contributed by atoms with van der Waals surface area (Å²) in [5.74, 6) is 0.785. The summed E-state index contributed by atoms with van der Waals surface area (Å²) in [5.41, 5.74) is 1.21. The van der Waals surface area contributed by atoms with E-state index < -0.39 is 5.41 Å². The molecule has 0 aromatic heterocycles. The Balaban J connectivity index is 1.44. The van der Waals surface area contributed by atoms with Crippen LogP contribution in [0.4, 0.5) is 0 Å². The third kappa shape index (κ3) is 4.68. The Bertz CT molecular complexity index is 498. The zero-order valence-electron chi connectivity index (χ0n) is 16.3. The summed E-state index contributed by atoms with van der Waals surface area (Å²) in [6.07, 6.45) is 15.7. The Morgan fingerprint density at radius 2 is 1.85 bits per heavy atom. The van der Waals surface area contributed by atoms with Crippen molar-refractivity contribution in [3.63, 3.8) is 0 Å². The molecule has 2 saturated heterocycles. The largest absolute Gasteiger partial charge is 0.378 e. The molecule has 0 spiro atoms. The number of nitrogens with one attached hydrogen (secondary N) is 1. The van der Waals surface area contributed by atoms with Crippen molar-refractivity contribution in [2.45, 2.75) is 89.9 Å². The van der Waals surface area contributed by atoms with Gasteiger partial charge in [-0.1, -0.05) is 38.8 Å². The normalized spacial score (nSPS) is 32.0. The lowest BCUT2D eigenvalue weighted by Gasteiger charge is -2.28. The fraction of sp³-hybridized carbons (Fsp3) is 0.857. The Morgan fingerprint density at radius 1 is 1.15 bits per heavy atom. The highest BCUT2D eigenvalue weighted by molar-refractivity contribution is 5.80. The maximum Gasteiger partial charge on any atom is 0.248 e. The highest BCUT2D eigenvalue weighted by atomic mass is 16.5. The zero-order chi connectivity index (χ0) is 18.6. The predicted octanol–water partition coefficient (Wildman–Crippen LogP) is 4.00. The van der Waals surface area contributed by atoms with Gasteiger partial charge in [0.05, 0.1) is 24.9 Å². The molecule has 3 fully saturated rings. The van der Waals surface area contributed by atoms with Crippen LogP contribution in [0, 0.1) is 17.3 Å². The number of carbonyl (C=O) groups excluding carboxylic acids is 1. The van der Waals surface area contributed by atoms with Gasteiger partial charge in [0, 0.05) is 11.3 Å². The molecule has 1 aliphatic carbocycles. The molecule has 3 aliphatic rings. The van der Waals surface area contributed by atoms with E-state index in [0.29, 0.717) is 30.1 Å². The minimum Gasteiger partial charge on any atom is -0.378 e. The SMILES string of the molecule is CC(C)(CC/C=C\C[C@@H]1[C@H](COC2CCCC2)[C@@H]2CC[C@H]1O2)C(=O)NO. The van der Waals surface area contributed by atoms with Gasteiger partial charge >= 0.3 is 0 Å². The molecule has 2 bridgehead atoms. The van der Waals surface area contributed by atoms with Crippen LogP contribution in [-0.2, 0) is 14.3 Å². The van der Waals surface area contributed by atoms with E-state index in [1.54, 1.807) is 5.48 Å². The van der Waals surface area contributed by atoms with E-state index >= 15 is 0 Å². The van der Waals surface area contributed by atoms with Gasteiger partial charge in [-0.3, -0.25) is 10.0 Å². The van der Waals surface area contributed by atoms with Crippen LogP contribution < -0.4 is 5.48 Å². The van der Waals surface area contributed by atoms with Crippen molar-refractivity contribution in [3.8, 4) is 0 Å². The van der Waals surface area contributed by atoms with Crippen molar-refractivity contribution in [3.05, 3.63) is 12.2 Å². The first-order valence-electron chi connectivity index (χ1n) is 10.4. The number of hydrogen-bond donors (Lipinski definition) is 2. The second-order valence-corrected chi connectivity index (χ2v) is 8.93. The third-order valence-electron chi connectivity index (χ3n) is 6.64. The maximum atomic E-state index is 11.6. The lowest BCUT2D eigenvalue weighted by molar-refractivity contribution is -0.138. The van der Waals surface area contributed by atoms with Crippen LogP contribution >= 0.6 is 0 Å². The smallest absolute Gasteiger partial charge is 0.248 e. The van der Waals surface area contributed by atoms with E-state index in [2.05, 4.69) is 12.2 Å². The minimum atomic E-state index is -0.549. The van der Waals surface area contributed by atoms with Gasteiger partial charge in [-0.15, -0.1) is 0 Å². The van der Waals surface area contributed by atoms with Gasteiger partial charge < -0.3 is 9.47 Å². The van der Waals surface area contributed by atoms with Gasteiger partial charge in [0.2, 0.25) is 5.91 Å². The van der Waals surface area contributed by atoms with Crippen molar-refractivity contribution in [1.82, 2.24) is 5.48 Å². The molecular formula is C21H35NO4. The summed E-state index contributed by atoms with van der Waals surface area (Å²) < 4.78 is 12.4. The minimum absolute atomic E-state index is 0.323. The van der Waals surface area contributed by atoms with Gasteiger partial charge in [0.15, 0.2) is 0 Å². The average Bonchev–Trinajstić information content (AvgIpc) is 3.36. The molecule has 26 heavy (non-hydrogen) atoms. The van der Waals surface area contributed by atoms with E-state index in [1.807, 2.05) is 13.8 Å². The Kier molecular flexibility index (Phi) is 6.76. The van der Waals surface area contributed by atoms with Crippen molar-refractivity contribution in [1.29, 1.82) is 0 Å². The highest BCUT2D eigenvalue weighted by Gasteiger charge is 2.48. The lowest BCUT2D eigenvalue weighted by atomic mass is 9.77. The van der Waals surface area contributed by atoms with Gasteiger partial charge in [-0.25, -0.2) is 5.48 Å². The first-order chi connectivity index (χ1) is 12.5. The van der Waals surface area contributed by atoms with Crippen LogP contribution in [0.1, 0.15) is 71.6 Å². The molecule has 0 aromatic rings. The number of hydroxylamine groups is 1. The zero-order valence-corrected chi connectivity index (χ0v) is 16.3. The van der Waals surface area contributed by atoms with Crippen LogP contribution in [0.25, 0.3) is 0 Å². The van der Waals surface area contributed by atoms with Crippen molar-refractivity contribution < 1.29 is 19.5 Å². The third-order valence-corrected chi connectivity index (χ3v) is 6.64. The first kappa shape index (κ1) is 19.8. The molecule has 3 rings (SSSR count). The van der Waals surface area contributed by atoms with E-state index in [4.69, 9.17) is 14.7 Å². The molecule has 5 heteroatoms. The molecule has 2 aliphatic heterocycles. The number of rotatable bonds is 9. The molecule has 1 amide bonds. The van der Waals surface area contributed by atoms with Crippen LogP contribution in [0.3, 0.4) is 0 Å².